The van der Waals surface area contributed by atoms with Gasteiger partial charge >= 0.3 is 0 Å². The molecule has 2 rings (SSSR count). The lowest BCUT2D eigenvalue weighted by Crippen LogP contribution is -2.46. The Morgan fingerprint density at radius 3 is 2.74 bits per heavy atom. The summed E-state index contributed by atoms with van der Waals surface area (Å²) in [6.45, 7) is 4.56. The number of hydrogen-bond donors (Lipinski definition) is 2. The SMILES string of the molecule is Cc1c(C(=O)NC2(C)CCOC2)csc1S(N)(=O)=O. The minimum absolute atomic E-state index is 0.0328. The van der Waals surface area contributed by atoms with Crippen molar-refractivity contribution >= 4 is 27.3 Å². The number of sulfonamides is 1. The molecule has 1 saturated heterocycles. The molecule has 0 spiro atoms. The molecule has 1 aromatic heterocycles. The number of hydrogen-bond acceptors (Lipinski definition) is 5. The van der Waals surface area contributed by atoms with Gasteiger partial charge in [0.05, 0.1) is 17.7 Å². The lowest BCUT2D eigenvalue weighted by atomic mass is 10.0. The summed E-state index contributed by atoms with van der Waals surface area (Å²) in [6, 6.07) is 0. The number of nitrogens with two attached hydrogens (primary N) is 1. The first-order chi connectivity index (χ1) is 8.73. The van der Waals surface area contributed by atoms with Gasteiger partial charge in [0.2, 0.25) is 10.0 Å². The molecule has 8 heteroatoms. The quantitative estimate of drug-likeness (QED) is 0.855. The van der Waals surface area contributed by atoms with Crippen molar-refractivity contribution in [2.45, 2.75) is 30.0 Å². The fourth-order valence-electron chi connectivity index (χ4n) is 2.01. The van der Waals surface area contributed by atoms with Crippen molar-refractivity contribution in [1.82, 2.24) is 5.32 Å². The number of carbonyl (C=O) groups excluding carboxylic acids is 1. The summed E-state index contributed by atoms with van der Waals surface area (Å²) < 4.78 is 28.0. The van der Waals surface area contributed by atoms with Crippen LogP contribution in [-0.2, 0) is 14.8 Å². The van der Waals surface area contributed by atoms with Crippen LogP contribution in [0, 0.1) is 6.92 Å². The Labute approximate surface area is 116 Å². The predicted octanol–water partition coefficient (Wildman–Crippen LogP) is 0.613. The van der Waals surface area contributed by atoms with Crippen molar-refractivity contribution in [3.63, 3.8) is 0 Å². The maximum absolute atomic E-state index is 12.2. The van der Waals surface area contributed by atoms with Crippen LogP contribution in [0.3, 0.4) is 0 Å². The van der Waals surface area contributed by atoms with Gasteiger partial charge in [0, 0.05) is 12.0 Å². The molecule has 1 amide bonds. The van der Waals surface area contributed by atoms with Gasteiger partial charge in [-0.25, -0.2) is 13.6 Å². The second-order valence-electron chi connectivity index (χ2n) is 4.92. The van der Waals surface area contributed by atoms with Crippen molar-refractivity contribution in [1.29, 1.82) is 0 Å². The van der Waals surface area contributed by atoms with E-state index in [9.17, 15) is 13.2 Å². The summed E-state index contributed by atoms with van der Waals surface area (Å²) in [6.07, 6.45) is 0.740. The summed E-state index contributed by atoms with van der Waals surface area (Å²) >= 11 is 0.963. The zero-order valence-corrected chi connectivity index (χ0v) is 12.4. The molecule has 1 fully saturated rings. The Balaban J connectivity index is 2.23. The Bertz CT molecular complexity index is 600. The zero-order valence-electron chi connectivity index (χ0n) is 10.7. The van der Waals surface area contributed by atoms with Crippen LogP contribution in [0.5, 0.6) is 0 Å². The summed E-state index contributed by atoms with van der Waals surface area (Å²) in [5, 5.41) is 9.49. The van der Waals surface area contributed by atoms with E-state index in [1.165, 1.54) is 5.38 Å². The van der Waals surface area contributed by atoms with Gasteiger partial charge in [-0.2, -0.15) is 0 Å². The highest BCUT2D eigenvalue weighted by Crippen LogP contribution is 2.26. The van der Waals surface area contributed by atoms with Crippen LogP contribution in [0.15, 0.2) is 9.59 Å². The smallest absolute Gasteiger partial charge is 0.252 e. The van der Waals surface area contributed by atoms with Gasteiger partial charge in [0.15, 0.2) is 0 Å². The van der Waals surface area contributed by atoms with E-state index in [1.54, 1.807) is 6.92 Å². The van der Waals surface area contributed by atoms with Crippen molar-refractivity contribution in [2.75, 3.05) is 13.2 Å². The first-order valence-corrected chi connectivity index (χ1v) is 8.17. The topological polar surface area (TPSA) is 98.5 Å². The van der Waals surface area contributed by atoms with Crippen LogP contribution in [0.4, 0.5) is 0 Å². The van der Waals surface area contributed by atoms with Crippen LogP contribution in [0.1, 0.15) is 29.3 Å². The average Bonchev–Trinajstić information content (AvgIpc) is 2.83. The Morgan fingerprint density at radius 2 is 2.26 bits per heavy atom. The third-order valence-electron chi connectivity index (χ3n) is 3.13. The molecule has 1 atom stereocenters. The molecular weight excluding hydrogens is 288 g/mol. The molecule has 2 heterocycles. The zero-order chi connectivity index (χ0) is 14.3. The van der Waals surface area contributed by atoms with E-state index in [0.29, 0.717) is 24.3 Å². The summed E-state index contributed by atoms with van der Waals surface area (Å²) in [7, 11) is -3.77. The molecule has 1 unspecified atom stereocenters. The second kappa shape index (κ2) is 4.86. The fraction of sp³-hybridized carbons (Fsp3) is 0.545. The molecule has 0 saturated carbocycles. The molecule has 1 aromatic rings. The summed E-state index contributed by atoms with van der Waals surface area (Å²) in [4.78, 5) is 12.2. The molecule has 1 aliphatic rings. The average molecular weight is 304 g/mol. The standard InChI is InChI=1S/C11H16N2O4S2/c1-7-8(5-18-10(7)19(12,15)16)9(14)13-11(2)3-4-17-6-11/h5H,3-4,6H2,1-2H3,(H,13,14)(H2,12,15,16). The minimum atomic E-state index is -3.77. The van der Waals surface area contributed by atoms with Crippen LogP contribution >= 0.6 is 11.3 Å². The number of amides is 1. The summed E-state index contributed by atoms with van der Waals surface area (Å²) in [5.74, 6) is -0.295. The van der Waals surface area contributed by atoms with Gasteiger partial charge in [-0.1, -0.05) is 0 Å². The van der Waals surface area contributed by atoms with Gasteiger partial charge < -0.3 is 10.1 Å². The van der Waals surface area contributed by atoms with E-state index in [0.717, 1.165) is 17.8 Å². The molecule has 106 valence electrons. The molecule has 0 radical (unpaired) electrons. The number of carbonyl (C=O) groups is 1. The molecule has 3 N–H and O–H groups in total. The Hall–Kier alpha value is -0.960. The predicted molar refractivity (Wildman–Crippen MR) is 71.7 cm³/mol. The maximum atomic E-state index is 12.2. The van der Waals surface area contributed by atoms with Crippen molar-refractivity contribution in [3.05, 3.63) is 16.5 Å². The number of rotatable bonds is 3. The molecule has 1 aliphatic heterocycles. The third kappa shape index (κ3) is 2.97. The van der Waals surface area contributed by atoms with E-state index in [-0.39, 0.29) is 10.1 Å². The van der Waals surface area contributed by atoms with Gasteiger partial charge in [-0.05, 0) is 25.8 Å². The van der Waals surface area contributed by atoms with Crippen molar-refractivity contribution in [3.8, 4) is 0 Å². The highest BCUT2D eigenvalue weighted by Gasteiger charge is 2.32. The largest absolute Gasteiger partial charge is 0.379 e. The fourth-order valence-corrected chi connectivity index (χ4v) is 4.02. The van der Waals surface area contributed by atoms with Crippen LogP contribution in [0.25, 0.3) is 0 Å². The highest BCUT2D eigenvalue weighted by atomic mass is 32.2. The number of primary sulfonamides is 1. The molecule has 0 aromatic carbocycles. The van der Waals surface area contributed by atoms with Crippen molar-refractivity contribution < 1.29 is 17.9 Å². The number of thiophene rings is 1. The van der Waals surface area contributed by atoms with E-state index >= 15 is 0 Å². The number of nitrogens with one attached hydrogen (secondary N) is 1. The van der Waals surface area contributed by atoms with Gasteiger partial charge in [-0.3, -0.25) is 4.79 Å². The van der Waals surface area contributed by atoms with Crippen LogP contribution in [-0.4, -0.2) is 33.1 Å². The number of ether oxygens (including phenoxy) is 1. The van der Waals surface area contributed by atoms with Crippen LogP contribution in [0.2, 0.25) is 0 Å². The molecule has 0 aliphatic carbocycles. The Kier molecular flexibility index (Phi) is 3.69. The Morgan fingerprint density at radius 1 is 1.58 bits per heavy atom. The van der Waals surface area contributed by atoms with Crippen molar-refractivity contribution in [2.24, 2.45) is 5.14 Å². The van der Waals surface area contributed by atoms with E-state index in [1.807, 2.05) is 6.92 Å². The van der Waals surface area contributed by atoms with E-state index in [2.05, 4.69) is 5.32 Å². The molecule has 19 heavy (non-hydrogen) atoms. The monoisotopic (exact) mass is 304 g/mol. The molecule has 0 bridgehead atoms. The first-order valence-electron chi connectivity index (χ1n) is 5.74. The van der Waals surface area contributed by atoms with Gasteiger partial charge in [0.1, 0.15) is 4.21 Å². The molecular formula is C11H16N2O4S2. The van der Waals surface area contributed by atoms with E-state index < -0.39 is 15.6 Å². The molecule has 6 nitrogen and oxygen atoms in total. The lowest BCUT2D eigenvalue weighted by Gasteiger charge is -2.23. The first kappa shape index (κ1) is 14.4. The lowest BCUT2D eigenvalue weighted by molar-refractivity contribution is 0.0889. The maximum Gasteiger partial charge on any atom is 0.252 e. The van der Waals surface area contributed by atoms with Gasteiger partial charge in [0.25, 0.3) is 5.91 Å². The van der Waals surface area contributed by atoms with Crippen LogP contribution < -0.4 is 10.5 Å². The minimum Gasteiger partial charge on any atom is -0.379 e. The second-order valence-corrected chi connectivity index (χ2v) is 7.56. The van der Waals surface area contributed by atoms with E-state index in [4.69, 9.17) is 9.88 Å². The highest BCUT2D eigenvalue weighted by molar-refractivity contribution is 7.91. The van der Waals surface area contributed by atoms with Gasteiger partial charge in [-0.15, -0.1) is 11.3 Å². The summed E-state index contributed by atoms with van der Waals surface area (Å²) in [5.41, 5.74) is 0.349. The third-order valence-corrected chi connectivity index (χ3v) is 5.81. The normalized spacial score (nSPS) is 23.5.